The molecule has 0 rings (SSSR count). The van der Waals surface area contributed by atoms with Crippen molar-refractivity contribution in [3.05, 3.63) is 0 Å². The summed E-state index contributed by atoms with van der Waals surface area (Å²) in [5.41, 5.74) is 0. The highest BCUT2D eigenvalue weighted by Crippen LogP contribution is 2.02. The van der Waals surface area contributed by atoms with Gasteiger partial charge in [-0.1, -0.05) is 6.92 Å². The highest BCUT2D eigenvalue weighted by Gasteiger charge is 2.13. The molecular weight excluding hydrogens is 212 g/mol. The largest absolute Gasteiger partial charge is 0.396 e. The molecule has 0 bridgehead atoms. The second-order valence-electron chi connectivity index (χ2n) is 3.07. The summed E-state index contributed by atoms with van der Waals surface area (Å²) in [6.07, 6.45) is 1.34. The molecule has 0 aromatic heterocycles. The molecule has 2 N–H and O–H groups in total. The zero-order valence-electron chi connectivity index (χ0n) is 9.03. The second-order valence-corrected chi connectivity index (χ2v) is 4.30. The van der Waals surface area contributed by atoms with Crippen molar-refractivity contribution in [2.24, 2.45) is 5.92 Å². The standard InChI is InChI=1S/C10H18N2O2S/c1-2-9(8-11)10(14)12-4-7-15-6-3-5-13/h9,13H,2-7H2,1H3,(H,12,14). The Morgan fingerprint density at radius 1 is 1.60 bits per heavy atom. The minimum absolute atomic E-state index is 0.178. The van der Waals surface area contributed by atoms with E-state index in [0.29, 0.717) is 13.0 Å². The lowest BCUT2D eigenvalue weighted by atomic mass is 10.1. The van der Waals surface area contributed by atoms with Crippen molar-refractivity contribution < 1.29 is 9.90 Å². The van der Waals surface area contributed by atoms with Gasteiger partial charge in [0.2, 0.25) is 5.91 Å². The van der Waals surface area contributed by atoms with Gasteiger partial charge >= 0.3 is 0 Å². The monoisotopic (exact) mass is 230 g/mol. The second kappa shape index (κ2) is 9.81. The van der Waals surface area contributed by atoms with Gasteiger partial charge in [-0.15, -0.1) is 0 Å². The van der Waals surface area contributed by atoms with Crippen LogP contribution in [0.1, 0.15) is 19.8 Å². The van der Waals surface area contributed by atoms with Gasteiger partial charge in [-0.3, -0.25) is 4.79 Å². The molecule has 0 fully saturated rings. The highest BCUT2D eigenvalue weighted by atomic mass is 32.2. The van der Waals surface area contributed by atoms with Gasteiger partial charge in [-0.2, -0.15) is 17.0 Å². The number of aliphatic hydroxyl groups excluding tert-OH is 1. The molecule has 0 saturated heterocycles. The van der Waals surface area contributed by atoms with Crippen LogP contribution in [0.3, 0.4) is 0 Å². The van der Waals surface area contributed by atoms with Crippen molar-refractivity contribution in [1.29, 1.82) is 5.26 Å². The van der Waals surface area contributed by atoms with Crippen LogP contribution in [0.2, 0.25) is 0 Å². The first-order valence-electron chi connectivity index (χ1n) is 5.12. The van der Waals surface area contributed by atoms with Gasteiger partial charge in [0.05, 0.1) is 6.07 Å². The van der Waals surface area contributed by atoms with Crippen molar-refractivity contribution >= 4 is 17.7 Å². The Bertz CT molecular complexity index is 216. The predicted octanol–water partition coefficient (Wildman–Crippen LogP) is 0.768. The first-order chi connectivity index (χ1) is 7.26. The van der Waals surface area contributed by atoms with E-state index in [1.165, 1.54) is 0 Å². The zero-order valence-corrected chi connectivity index (χ0v) is 9.85. The van der Waals surface area contributed by atoms with E-state index in [4.69, 9.17) is 10.4 Å². The van der Waals surface area contributed by atoms with E-state index in [0.717, 1.165) is 17.9 Å². The van der Waals surface area contributed by atoms with Crippen LogP contribution in [0, 0.1) is 17.2 Å². The number of aliphatic hydroxyl groups is 1. The van der Waals surface area contributed by atoms with Gasteiger partial charge in [0, 0.05) is 18.9 Å². The molecule has 1 amide bonds. The number of hydrogen-bond acceptors (Lipinski definition) is 4. The Morgan fingerprint density at radius 3 is 2.87 bits per heavy atom. The SMILES string of the molecule is CCC(C#N)C(=O)NCCSCCCO. The molecule has 0 aliphatic rings. The number of nitriles is 1. The van der Waals surface area contributed by atoms with Crippen molar-refractivity contribution in [1.82, 2.24) is 5.32 Å². The van der Waals surface area contributed by atoms with Crippen molar-refractivity contribution in [3.8, 4) is 6.07 Å². The minimum atomic E-state index is -0.521. The van der Waals surface area contributed by atoms with E-state index in [1.807, 2.05) is 13.0 Å². The normalized spacial score (nSPS) is 11.8. The summed E-state index contributed by atoms with van der Waals surface area (Å²) < 4.78 is 0. The third kappa shape index (κ3) is 7.23. The summed E-state index contributed by atoms with van der Waals surface area (Å²) in [6.45, 7) is 2.63. The number of carbonyl (C=O) groups is 1. The highest BCUT2D eigenvalue weighted by molar-refractivity contribution is 7.99. The minimum Gasteiger partial charge on any atom is -0.396 e. The molecule has 0 saturated carbocycles. The van der Waals surface area contributed by atoms with Crippen LogP contribution in [-0.2, 0) is 4.79 Å². The average Bonchev–Trinajstić information content (AvgIpc) is 2.25. The van der Waals surface area contributed by atoms with Crippen molar-refractivity contribution in [2.45, 2.75) is 19.8 Å². The van der Waals surface area contributed by atoms with Crippen molar-refractivity contribution in [3.63, 3.8) is 0 Å². The van der Waals surface area contributed by atoms with E-state index >= 15 is 0 Å². The molecule has 86 valence electrons. The topological polar surface area (TPSA) is 73.1 Å². The maximum atomic E-state index is 11.3. The molecule has 15 heavy (non-hydrogen) atoms. The Hall–Kier alpha value is -0.730. The maximum absolute atomic E-state index is 11.3. The molecular formula is C10H18N2O2S. The van der Waals surface area contributed by atoms with Crippen LogP contribution in [0.25, 0.3) is 0 Å². The van der Waals surface area contributed by atoms with E-state index in [9.17, 15) is 4.79 Å². The number of rotatable bonds is 8. The summed E-state index contributed by atoms with van der Waals surface area (Å²) in [5.74, 6) is 1.03. The summed E-state index contributed by atoms with van der Waals surface area (Å²) in [4.78, 5) is 11.3. The number of nitrogens with zero attached hydrogens (tertiary/aromatic N) is 1. The smallest absolute Gasteiger partial charge is 0.237 e. The van der Waals surface area contributed by atoms with E-state index < -0.39 is 5.92 Å². The Morgan fingerprint density at radius 2 is 2.33 bits per heavy atom. The van der Waals surface area contributed by atoms with Gasteiger partial charge < -0.3 is 10.4 Å². The van der Waals surface area contributed by atoms with Crippen LogP contribution >= 0.6 is 11.8 Å². The number of thioether (sulfide) groups is 1. The average molecular weight is 230 g/mol. The van der Waals surface area contributed by atoms with Crippen LogP contribution < -0.4 is 5.32 Å². The van der Waals surface area contributed by atoms with Crippen molar-refractivity contribution in [2.75, 3.05) is 24.7 Å². The van der Waals surface area contributed by atoms with Gasteiger partial charge in [-0.25, -0.2) is 0 Å². The third-order valence-corrected chi connectivity index (χ3v) is 2.94. The fraction of sp³-hybridized carbons (Fsp3) is 0.800. The third-order valence-electron chi connectivity index (χ3n) is 1.87. The molecule has 0 aromatic carbocycles. The van der Waals surface area contributed by atoms with Gasteiger partial charge in [0.1, 0.15) is 5.92 Å². The molecule has 0 aliphatic heterocycles. The first kappa shape index (κ1) is 14.3. The quantitative estimate of drug-likeness (QED) is 0.604. The molecule has 0 heterocycles. The molecule has 1 unspecified atom stereocenters. The van der Waals surface area contributed by atoms with Gasteiger partial charge in [-0.05, 0) is 18.6 Å². The Balaban J connectivity index is 3.43. The Kier molecular flexibility index (Phi) is 9.33. The number of hydrogen-bond donors (Lipinski definition) is 2. The molecule has 0 aliphatic carbocycles. The van der Waals surface area contributed by atoms with E-state index in [1.54, 1.807) is 11.8 Å². The molecule has 4 nitrogen and oxygen atoms in total. The predicted molar refractivity (Wildman–Crippen MR) is 61.4 cm³/mol. The lowest BCUT2D eigenvalue weighted by Crippen LogP contribution is -2.31. The number of carbonyl (C=O) groups excluding carboxylic acids is 1. The Labute approximate surface area is 95.0 Å². The molecule has 5 heteroatoms. The number of nitrogens with one attached hydrogen (secondary N) is 1. The van der Waals surface area contributed by atoms with Crippen LogP contribution in [0.15, 0.2) is 0 Å². The summed E-state index contributed by atoms with van der Waals surface area (Å²) in [5, 5.41) is 19.9. The van der Waals surface area contributed by atoms with E-state index in [-0.39, 0.29) is 12.5 Å². The maximum Gasteiger partial charge on any atom is 0.237 e. The molecule has 0 aromatic rings. The lowest BCUT2D eigenvalue weighted by molar-refractivity contribution is -0.123. The summed E-state index contributed by atoms with van der Waals surface area (Å²) in [6, 6.07) is 1.96. The van der Waals surface area contributed by atoms with Gasteiger partial charge in [0.25, 0.3) is 0 Å². The zero-order chi connectivity index (χ0) is 11.5. The van der Waals surface area contributed by atoms with Crippen LogP contribution in [0.5, 0.6) is 0 Å². The van der Waals surface area contributed by atoms with Crippen LogP contribution in [0.4, 0.5) is 0 Å². The number of amides is 1. The van der Waals surface area contributed by atoms with E-state index in [2.05, 4.69) is 5.32 Å². The molecule has 1 atom stereocenters. The first-order valence-corrected chi connectivity index (χ1v) is 6.27. The molecule has 0 spiro atoms. The molecule has 0 radical (unpaired) electrons. The summed E-state index contributed by atoms with van der Waals surface area (Å²) in [7, 11) is 0. The summed E-state index contributed by atoms with van der Waals surface area (Å²) >= 11 is 1.69. The fourth-order valence-corrected chi connectivity index (χ4v) is 1.76. The van der Waals surface area contributed by atoms with Gasteiger partial charge in [0.15, 0.2) is 0 Å². The lowest BCUT2D eigenvalue weighted by Gasteiger charge is -2.07. The van der Waals surface area contributed by atoms with Crippen LogP contribution in [-0.4, -0.2) is 35.7 Å². The fourth-order valence-electron chi connectivity index (χ4n) is 0.974.